The van der Waals surface area contributed by atoms with E-state index in [0.717, 1.165) is 28.1 Å². The average molecular weight is 587 g/mol. The Morgan fingerprint density at radius 1 is 1.02 bits per heavy atom. The van der Waals surface area contributed by atoms with Gasteiger partial charge in [0, 0.05) is 19.2 Å². The Kier molecular flexibility index (Phi) is 9.91. The molecule has 3 N–H and O–H groups in total. The molecule has 0 fully saturated rings. The molecule has 0 radical (unpaired) electrons. The Hall–Kier alpha value is -4.14. The van der Waals surface area contributed by atoms with E-state index in [9.17, 15) is 31.5 Å². The van der Waals surface area contributed by atoms with Gasteiger partial charge in [0.25, 0.3) is 10.0 Å². The van der Waals surface area contributed by atoms with E-state index >= 15 is 0 Å². The first kappa shape index (κ1) is 32.1. The van der Waals surface area contributed by atoms with E-state index in [4.69, 9.17) is 14.4 Å². The predicted octanol–water partition coefficient (Wildman–Crippen LogP) is 4.42. The topological polar surface area (TPSA) is 163 Å². The first-order valence-corrected chi connectivity index (χ1v) is 13.1. The molecule has 11 nitrogen and oxygen atoms in total. The maximum absolute atomic E-state index is 13.0. The Morgan fingerprint density at radius 3 is 2.10 bits per heavy atom. The second-order valence-electron chi connectivity index (χ2n) is 8.98. The number of carbonyl (C=O) groups is 2. The summed E-state index contributed by atoms with van der Waals surface area (Å²) in [7, 11) is -2.19. The van der Waals surface area contributed by atoms with E-state index < -0.39 is 28.1 Å². The second-order valence-corrected chi connectivity index (χ2v) is 10.6. The van der Waals surface area contributed by atoms with Gasteiger partial charge in [0.15, 0.2) is 0 Å². The Labute approximate surface area is 228 Å². The zero-order valence-electron chi connectivity index (χ0n) is 22.5. The number of nitrogens with one attached hydrogen (secondary N) is 1. The molecule has 0 unspecified atom stereocenters. The summed E-state index contributed by atoms with van der Waals surface area (Å²) in [6.45, 7) is 9.63. The number of hydrogen-bond donors (Lipinski definition) is 3. The number of benzene rings is 1. The normalized spacial score (nSPS) is 11.4. The number of aliphatic carboxylic acids is 1. The van der Waals surface area contributed by atoms with Crippen molar-refractivity contribution in [3.8, 4) is 0 Å². The zero-order valence-corrected chi connectivity index (χ0v) is 23.4. The summed E-state index contributed by atoms with van der Waals surface area (Å²) in [5, 5.41) is 20.8. The Balaban J connectivity index is 0.000000708. The first-order valence-electron chi connectivity index (χ1n) is 11.6. The standard InChI is InChI=1S/C23H28N4O5S.C2HF3O2/c1-13-9-15(3)21(10-14(13)2)33(30,31)26-18-11-20(23(28)29)22(24-12-18)27(6)8-7-19-16(4)25-32-17(19)5;3-2(4,5)1(6)7/h9-12,26H,7-8H2,1-6H3,(H,28,29);(H,6,7). The molecule has 3 aromatic rings. The molecule has 0 saturated heterocycles. The van der Waals surface area contributed by atoms with E-state index in [2.05, 4.69) is 14.9 Å². The third-order valence-corrected chi connectivity index (χ3v) is 7.44. The molecule has 0 bridgehead atoms. The summed E-state index contributed by atoms with van der Waals surface area (Å²) in [6, 6.07) is 4.70. The summed E-state index contributed by atoms with van der Waals surface area (Å²) in [6.07, 6.45) is -3.17. The van der Waals surface area contributed by atoms with Crippen molar-refractivity contribution in [2.24, 2.45) is 0 Å². The van der Waals surface area contributed by atoms with Gasteiger partial charge >= 0.3 is 18.1 Å². The molecule has 0 atom stereocenters. The Morgan fingerprint density at radius 2 is 1.60 bits per heavy atom. The maximum atomic E-state index is 13.0. The number of hydrogen-bond acceptors (Lipinski definition) is 8. The van der Waals surface area contributed by atoms with Gasteiger partial charge in [-0.15, -0.1) is 0 Å². The van der Waals surface area contributed by atoms with Crippen LogP contribution in [0.3, 0.4) is 0 Å². The fourth-order valence-corrected chi connectivity index (χ4v) is 5.00. The number of sulfonamides is 1. The van der Waals surface area contributed by atoms with Gasteiger partial charge in [-0.25, -0.2) is 23.0 Å². The van der Waals surface area contributed by atoms with Crippen molar-refractivity contribution in [1.29, 1.82) is 0 Å². The lowest BCUT2D eigenvalue weighted by atomic mass is 10.1. The zero-order chi connectivity index (χ0) is 30.6. The number of aromatic carboxylic acids is 1. The van der Waals surface area contributed by atoms with E-state index in [-0.39, 0.29) is 22.0 Å². The lowest BCUT2D eigenvalue weighted by Gasteiger charge is -2.21. The van der Waals surface area contributed by atoms with Gasteiger partial charge in [-0.1, -0.05) is 11.2 Å². The highest BCUT2D eigenvalue weighted by Crippen LogP contribution is 2.26. The van der Waals surface area contributed by atoms with Crippen molar-refractivity contribution in [3.05, 3.63) is 63.7 Å². The molecule has 0 saturated carbocycles. The number of pyridine rings is 1. The maximum Gasteiger partial charge on any atom is 0.490 e. The lowest BCUT2D eigenvalue weighted by molar-refractivity contribution is -0.192. The molecule has 2 heterocycles. The van der Waals surface area contributed by atoms with Crippen LogP contribution in [-0.2, 0) is 21.2 Å². The fourth-order valence-electron chi connectivity index (χ4n) is 3.65. The van der Waals surface area contributed by atoms with Crippen LogP contribution in [0.15, 0.2) is 33.8 Å². The van der Waals surface area contributed by atoms with E-state index in [1.54, 1.807) is 24.9 Å². The van der Waals surface area contributed by atoms with Crippen molar-refractivity contribution in [1.82, 2.24) is 10.1 Å². The average Bonchev–Trinajstić information content (AvgIpc) is 3.16. The van der Waals surface area contributed by atoms with Crippen LogP contribution in [0.5, 0.6) is 0 Å². The van der Waals surface area contributed by atoms with Gasteiger partial charge in [-0.05, 0) is 69.9 Å². The number of halogens is 3. The number of aromatic nitrogens is 2. The number of carboxylic acids is 2. The van der Waals surface area contributed by atoms with Gasteiger partial charge in [-0.3, -0.25) is 4.72 Å². The van der Waals surface area contributed by atoms with Crippen LogP contribution in [-0.4, -0.2) is 60.5 Å². The smallest absolute Gasteiger partial charge is 0.478 e. The van der Waals surface area contributed by atoms with Crippen molar-refractivity contribution in [2.45, 2.75) is 52.1 Å². The highest BCUT2D eigenvalue weighted by molar-refractivity contribution is 7.92. The van der Waals surface area contributed by atoms with Crippen LogP contribution in [0, 0.1) is 34.6 Å². The number of nitrogens with zero attached hydrogens (tertiary/aromatic N) is 3. The summed E-state index contributed by atoms with van der Waals surface area (Å²) in [5.41, 5.74) is 4.17. The van der Waals surface area contributed by atoms with Gasteiger partial charge < -0.3 is 19.6 Å². The SMILES string of the molecule is Cc1cc(C)c(S(=O)(=O)Nc2cnc(N(C)CCc3c(C)noc3C)c(C(=O)O)c2)cc1C.O=C(O)C(F)(F)F. The van der Waals surface area contributed by atoms with Crippen LogP contribution < -0.4 is 9.62 Å². The summed E-state index contributed by atoms with van der Waals surface area (Å²) in [4.78, 5) is 26.9. The van der Waals surface area contributed by atoms with Crippen molar-refractivity contribution < 1.29 is 45.9 Å². The van der Waals surface area contributed by atoms with Crippen LogP contribution in [0.4, 0.5) is 24.7 Å². The first-order chi connectivity index (χ1) is 18.3. The van der Waals surface area contributed by atoms with Crippen LogP contribution >= 0.6 is 0 Å². The number of carboxylic acid groups (broad SMARTS) is 2. The highest BCUT2D eigenvalue weighted by Gasteiger charge is 2.38. The van der Waals surface area contributed by atoms with E-state index in [0.29, 0.717) is 18.5 Å². The molecule has 15 heteroatoms. The van der Waals surface area contributed by atoms with Gasteiger partial charge in [0.05, 0.1) is 22.5 Å². The van der Waals surface area contributed by atoms with Gasteiger partial charge in [0.1, 0.15) is 17.1 Å². The molecular formula is C25H29F3N4O7S. The van der Waals surface area contributed by atoms with Crippen molar-refractivity contribution in [2.75, 3.05) is 23.2 Å². The molecule has 0 aliphatic rings. The fraction of sp³-hybridized carbons (Fsp3) is 0.360. The highest BCUT2D eigenvalue weighted by atomic mass is 32.2. The van der Waals surface area contributed by atoms with Gasteiger partial charge in [-0.2, -0.15) is 13.2 Å². The Bertz CT molecular complexity index is 1500. The third kappa shape index (κ3) is 7.94. The van der Waals surface area contributed by atoms with Crippen LogP contribution in [0.1, 0.15) is 44.1 Å². The van der Waals surface area contributed by atoms with E-state index in [1.807, 2.05) is 33.8 Å². The van der Waals surface area contributed by atoms with E-state index in [1.165, 1.54) is 12.3 Å². The van der Waals surface area contributed by atoms with Crippen LogP contribution in [0.2, 0.25) is 0 Å². The molecule has 1 aromatic carbocycles. The molecule has 0 aliphatic heterocycles. The summed E-state index contributed by atoms with van der Waals surface area (Å²) < 4.78 is 65.3. The predicted molar refractivity (Wildman–Crippen MR) is 139 cm³/mol. The number of aryl methyl sites for hydroxylation is 5. The summed E-state index contributed by atoms with van der Waals surface area (Å²) in [5.74, 6) is -3.00. The molecule has 218 valence electrons. The third-order valence-electron chi connectivity index (χ3n) is 5.91. The molecular weight excluding hydrogens is 557 g/mol. The van der Waals surface area contributed by atoms with Gasteiger partial charge in [0.2, 0.25) is 0 Å². The number of rotatable bonds is 8. The van der Waals surface area contributed by atoms with Crippen LogP contribution in [0.25, 0.3) is 0 Å². The monoisotopic (exact) mass is 586 g/mol. The molecule has 0 amide bonds. The molecule has 2 aromatic heterocycles. The number of likely N-dealkylation sites (N-methyl/N-ethyl adjacent to an activating group) is 1. The largest absolute Gasteiger partial charge is 0.490 e. The minimum Gasteiger partial charge on any atom is -0.478 e. The lowest BCUT2D eigenvalue weighted by Crippen LogP contribution is -2.24. The van der Waals surface area contributed by atoms with Crippen molar-refractivity contribution in [3.63, 3.8) is 0 Å². The van der Waals surface area contributed by atoms with Crippen molar-refractivity contribution >= 4 is 33.5 Å². The minimum atomic E-state index is -5.08. The molecule has 0 aliphatic carbocycles. The minimum absolute atomic E-state index is 0.0768. The quantitative estimate of drug-likeness (QED) is 0.344. The number of anilines is 2. The second kappa shape index (κ2) is 12.4. The molecule has 0 spiro atoms. The molecule has 40 heavy (non-hydrogen) atoms. The number of alkyl halides is 3. The molecule has 3 rings (SSSR count). The summed E-state index contributed by atoms with van der Waals surface area (Å²) >= 11 is 0.